The number of aromatic nitrogens is 2. The van der Waals surface area contributed by atoms with Crippen molar-refractivity contribution in [1.29, 1.82) is 0 Å². The van der Waals surface area contributed by atoms with Crippen LogP contribution in [0.25, 0.3) is 0 Å². The van der Waals surface area contributed by atoms with Gasteiger partial charge >= 0.3 is 12.0 Å². The maximum atomic E-state index is 12.0. The van der Waals surface area contributed by atoms with Crippen molar-refractivity contribution in [2.75, 3.05) is 12.4 Å². The van der Waals surface area contributed by atoms with Crippen LogP contribution in [-0.4, -0.2) is 39.0 Å². The number of H-pyrrole nitrogens is 1. The lowest BCUT2D eigenvalue weighted by molar-refractivity contribution is 0.0692. The van der Waals surface area contributed by atoms with Crippen molar-refractivity contribution in [3.63, 3.8) is 0 Å². The molecule has 0 bridgehead atoms. The Morgan fingerprint density at radius 2 is 2.30 bits per heavy atom. The van der Waals surface area contributed by atoms with Gasteiger partial charge in [-0.05, 0) is 13.0 Å². The summed E-state index contributed by atoms with van der Waals surface area (Å²) in [4.78, 5) is 31.3. The molecular weight excluding hydrogens is 280 g/mol. The SMILES string of the molecule is Cc1cc(NC(=O)N(C)Cc2cscn2)c(C(=O)O)[nH]1. The lowest BCUT2D eigenvalue weighted by atomic mass is 10.3. The first kappa shape index (κ1) is 14.1. The van der Waals surface area contributed by atoms with E-state index in [1.54, 1.807) is 25.5 Å². The lowest BCUT2D eigenvalue weighted by Gasteiger charge is -2.16. The van der Waals surface area contributed by atoms with E-state index in [2.05, 4.69) is 15.3 Å². The molecule has 2 aromatic rings. The van der Waals surface area contributed by atoms with Crippen LogP contribution in [0.4, 0.5) is 10.5 Å². The molecule has 0 aliphatic rings. The number of carbonyl (C=O) groups excluding carboxylic acids is 1. The molecule has 2 amide bonds. The van der Waals surface area contributed by atoms with Crippen molar-refractivity contribution in [2.24, 2.45) is 0 Å². The van der Waals surface area contributed by atoms with Crippen LogP contribution >= 0.6 is 11.3 Å². The van der Waals surface area contributed by atoms with Gasteiger partial charge in [0.25, 0.3) is 0 Å². The third-order valence-corrected chi connectivity index (χ3v) is 3.27. The van der Waals surface area contributed by atoms with Gasteiger partial charge in [0.1, 0.15) is 5.69 Å². The summed E-state index contributed by atoms with van der Waals surface area (Å²) in [5, 5.41) is 13.5. The fourth-order valence-corrected chi connectivity index (χ4v) is 2.25. The van der Waals surface area contributed by atoms with E-state index in [4.69, 9.17) is 5.11 Å². The molecule has 3 N–H and O–H groups in total. The Kier molecular flexibility index (Phi) is 4.04. The number of amides is 2. The summed E-state index contributed by atoms with van der Waals surface area (Å²) in [6, 6.07) is 1.19. The number of aromatic carboxylic acids is 1. The number of carbonyl (C=O) groups is 2. The van der Waals surface area contributed by atoms with E-state index in [0.717, 1.165) is 5.69 Å². The van der Waals surface area contributed by atoms with Gasteiger partial charge in [0.2, 0.25) is 0 Å². The second-order valence-electron chi connectivity index (χ2n) is 4.31. The molecule has 0 aliphatic carbocycles. The first-order valence-electron chi connectivity index (χ1n) is 5.79. The highest BCUT2D eigenvalue weighted by molar-refractivity contribution is 7.07. The number of aryl methyl sites for hydroxylation is 1. The Morgan fingerprint density at radius 1 is 1.55 bits per heavy atom. The summed E-state index contributed by atoms with van der Waals surface area (Å²) in [6.45, 7) is 2.09. The van der Waals surface area contributed by atoms with Gasteiger partial charge in [0, 0.05) is 18.1 Å². The van der Waals surface area contributed by atoms with Gasteiger partial charge < -0.3 is 20.3 Å². The average Bonchev–Trinajstić information content (AvgIpc) is 2.98. The second kappa shape index (κ2) is 5.74. The Morgan fingerprint density at radius 3 is 2.90 bits per heavy atom. The molecule has 2 heterocycles. The molecule has 0 spiro atoms. The molecule has 0 atom stereocenters. The number of aromatic amines is 1. The normalized spacial score (nSPS) is 10.3. The van der Waals surface area contributed by atoms with Crippen molar-refractivity contribution in [3.8, 4) is 0 Å². The van der Waals surface area contributed by atoms with Crippen molar-refractivity contribution < 1.29 is 14.7 Å². The van der Waals surface area contributed by atoms with Crippen LogP contribution in [0.2, 0.25) is 0 Å². The molecule has 0 saturated carbocycles. The van der Waals surface area contributed by atoms with Crippen molar-refractivity contribution in [1.82, 2.24) is 14.9 Å². The van der Waals surface area contributed by atoms with Crippen LogP contribution in [0.3, 0.4) is 0 Å². The first-order chi connectivity index (χ1) is 9.47. The smallest absolute Gasteiger partial charge is 0.354 e. The maximum Gasteiger partial charge on any atom is 0.354 e. The largest absolute Gasteiger partial charge is 0.477 e. The van der Waals surface area contributed by atoms with Gasteiger partial charge in [-0.25, -0.2) is 14.6 Å². The summed E-state index contributed by atoms with van der Waals surface area (Å²) in [5.41, 5.74) is 3.37. The van der Waals surface area contributed by atoms with Crippen molar-refractivity contribution >= 4 is 29.0 Å². The van der Waals surface area contributed by atoms with E-state index in [9.17, 15) is 9.59 Å². The number of thiazole rings is 1. The molecule has 2 rings (SSSR count). The third-order valence-electron chi connectivity index (χ3n) is 2.64. The van der Waals surface area contributed by atoms with Crippen LogP contribution in [0.5, 0.6) is 0 Å². The molecule has 0 saturated heterocycles. The molecule has 0 radical (unpaired) electrons. The Labute approximate surface area is 119 Å². The minimum absolute atomic E-state index is 0.0297. The van der Waals surface area contributed by atoms with Gasteiger partial charge in [-0.15, -0.1) is 11.3 Å². The standard InChI is InChI=1S/C12H14N4O3S/c1-7-3-9(10(14-7)11(17)18)15-12(19)16(2)4-8-5-20-6-13-8/h3,5-6,14H,4H2,1-2H3,(H,15,19)(H,17,18). The summed E-state index contributed by atoms with van der Waals surface area (Å²) >= 11 is 1.45. The van der Waals surface area contributed by atoms with Crippen LogP contribution in [0.15, 0.2) is 17.0 Å². The highest BCUT2D eigenvalue weighted by Gasteiger charge is 2.17. The van der Waals surface area contributed by atoms with Gasteiger partial charge in [0.15, 0.2) is 0 Å². The van der Waals surface area contributed by atoms with Gasteiger partial charge in [-0.2, -0.15) is 0 Å². The Balaban J connectivity index is 2.05. The van der Waals surface area contributed by atoms with Gasteiger partial charge in [0.05, 0.1) is 23.4 Å². The van der Waals surface area contributed by atoms with Gasteiger partial charge in [-0.3, -0.25) is 0 Å². The zero-order valence-electron chi connectivity index (χ0n) is 11.0. The Hall–Kier alpha value is -2.35. The predicted octanol–water partition coefficient (Wildman–Crippen LogP) is 2.14. The quantitative estimate of drug-likeness (QED) is 0.804. The maximum absolute atomic E-state index is 12.0. The zero-order valence-corrected chi connectivity index (χ0v) is 11.8. The van der Waals surface area contributed by atoms with E-state index in [1.165, 1.54) is 16.2 Å². The molecule has 0 unspecified atom stereocenters. The number of hydrogen-bond donors (Lipinski definition) is 3. The predicted molar refractivity (Wildman–Crippen MR) is 75.1 cm³/mol. The number of rotatable bonds is 4. The monoisotopic (exact) mass is 294 g/mol. The zero-order chi connectivity index (χ0) is 14.7. The molecular formula is C12H14N4O3S. The first-order valence-corrected chi connectivity index (χ1v) is 6.73. The number of nitrogens with one attached hydrogen (secondary N) is 2. The number of hydrogen-bond acceptors (Lipinski definition) is 4. The molecule has 7 nitrogen and oxygen atoms in total. The van der Waals surface area contributed by atoms with Crippen molar-refractivity contribution in [2.45, 2.75) is 13.5 Å². The van der Waals surface area contributed by atoms with E-state index in [-0.39, 0.29) is 17.4 Å². The van der Waals surface area contributed by atoms with Crippen LogP contribution in [0, 0.1) is 6.92 Å². The van der Waals surface area contributed by atoms with E-state index in [0.29, 0.717) is 12.2 Å². The summed E-state index contributed by atoms with van der Waals surface area (Å²) < 4.78 is 0. The van der Waals surface area contributed by atoms with Crippen LogP contribution < -0.4 is 5.32 Å². The van der Waals surface area contributed by atoms with E-state index in [1.807, 2.05) is 5.38 Å². The number of anilines is 1. The number of urea groups is 1. The topological polar surface area (TPSA) is 98.3 Å². The molecule has 106 valence electrons. The summed E-state index contributed by atoms with van der Waals surface area (Å²) in [7, 11) is 1.62. The lowest BCUT2D eigenvalue weighted by Crippen LogP contribution is -2.31. The molecule has 8 heteroatoms. The fourth-order valence-electron chi connectivity index (χ4n) is 1.70. The molecule has 20 heavy (non-hydrogen) atoms. The highest BCUT2D eigenvalue weighted by Crippen LogP contribution is 2.17. The fraction of sp³-hybridized carbons (Fsp3) is 0.250. The van der Waals surface area contributed by atoms with Crippen LogP contribution in [0.1, 0.15) is 21.9 Å². The number of carboxylic acids is 1. The molecule has 0 fully saturated rings. The summed E-state index contributed by atoms with van der Waals surface area (Å²) in [5.74, 6) is -1.12. The molecule has 0 aromatic carbocycles. The van der Waals surface area contributed by atoms with E-state index < -0.39 is 5.97 Å². The third kappa shape index (κ3) is 3.15. The Bertz CT molecular complexity index is 621. The number of nitrogens with zero attached hydrogens (tertiary/aromatic N) is 2. The van der Waals surface area contributed by atoms with Gasteiger partial charge in [-0.1, -0.05) is 0 Å². The van der Waals surface area contributed by atoms with Crippen molar-refractivity contribution in [3.05, 3.63) is 34.0 Å². The van der Waals surface area contributed by atoms with E-state index >= 15 is 0 Å². The highest BCUT2D eigenvalue weighted by atomic mass is 32.1. The second-order valence-corrected chi connectivity index (χ2v) is 5.03. The average molecular weight is 294 g/mol. The molecule has 2 aromatic heterocycles. The number of carboxylic acid groups (broad SMARTS) is 1. The molecule has 0 aliphatic heterocycles. The summed E-state index contributed by atoms with van der Waals surface area (Å²) in [6.07, 6.45) is 0. The van der Waals surface area contributed by atoms with Crippen LogP contribution in [-0.2, 0) is 6.54 Å². The minimum Gasteiger partial charge on any atom is -0.477 e. The minimum atomic E-state index is -1.12.